The van der Waals surface area contributed by atoms with Gasteiger partial charge in [-0.2, -0.15) is 0 Å². The molecule has 1 fully saturated rings. The second-order valence-corrected chi connectivity index (χ2v) is 5.40. The van der Waals surface area contributed by atoms with Gasteiger partial charge in [0.2, 0.25) is 0 Å². The third kappa shape index (κ3) is 4.55. The number of nitrogens with zero attached hydrogens (tertiary/aromatic N) is 1. The molecule has 0 atom stereocenters. The van der Waals surface area contributed by atoms with Gasteiger partial charge < -0.3 is 15.3 Å². The van der Waals surface area contributed by atoms with Crippen LogP contribution in [0, 0.1) is 5.41 Å². The van der Waals surface area contributed by atoms with Gasteiger partial charge in [0, 0.05) is 19.6 Å². The summed E-state index contributed by atoms with van der Waals surface area (Å²) in [6.07, 6.45) is 4.80. The number of carboxylic acids is 1. The Morgan fingerprint density at radius 2 is 1.94 bits per heavy atom. The Morgan fingerprint density at radius 1 is 1.33 bits per heavy atom. The van der Waals surface area contributed by atoms with Crippen LogP contribution in [0.2, 0.25) is 0 Å². The van der Waals surface area contributed by atoms with E-state index in [1.807, 2.05) is 6.92 Å². The Kier molecular flexibility index (Phi) is 5.44. The van der Waals surface area contributed by atoms with Crippen LogP contribution in [0.15, 0.2) is 0 Å². The molecule has 0 aromatic carbocycles. The highest BCUT2D eigenvalue weighted by atomic mass is 16.4. The van der Waals surface area contributed by atoms with Crippen molar-refractivity contribution >= 4 is 12.0 Å². The number of carbonyl (C=O) groups is 2. The van der Waals surface area contributed by atoms with Crippen LogP contribution in [0.25, 0.3) is 0 Å². The maximum Gasteiger partial charge on any atom is 0.317 e. The van der Waals surface area contributed by atoms with Gasteiger partial charge in [0.25, 0.3) is 0 Å². The first-order chi connectivity index (χ1) is 8.47. The van der Waals surface area contributed by atoms with Crippen LogP contribution >= 0.6 is 0 Å². The van der Waals surface area contributed by atoms with Crippen molar-refractivity contribution in [3.63, 3.8) is 0 Å². The lowest BCUT2D eigenvalue weighted by molar-refractivity contribution is -0.137. The second kappa shape index (κ2) is 6.61. The quantitative estimate of drug-likeness (QED) is 0.764. The summed E-state index contributed by atoms with van der Waals surface area (Å²) in [5.41, 5.74) is 0.224. The van der Waals surface area contributed by atoms with E-state index in [0.29, 0.717) is 13.1 Å². The van der Waals surface area contributed by atoms with Crippen LogP contribution in [0.3, 0.4) is 0 Å². The second-order valence-electron chi connectivity index (χ2n) is 5.40. The summed E-state index contributed by atoms with van der Waals surface area (Å²) in [6, 6.07) is -0.146. The molecule has 0 aliphatic heterocycles. The molecule has 1 aliphatic rings. The van der Waals surface area contributed by atoms with Gasteiger partial charge in [0.05, 0.1) is 6.42 Å². The van der Waals surface area contributed by atoms with Crippen LogP contribution in [0.5, 0.6) is 0 Å². The van der Waals surface area contributed by atoms with E-state index in [2.05, 4.69) is 12.2 Å². The highest BCUT2D eigenvalue weighted by Crippen LogP contribution is 2.36. The van der Waals surface area contributed by atoms with Crippen LogP contribution in [-0.2, 0) is 4.79 Å². The number of hydrogen-bond donors (Lipinski definition) is 2. The van der Waals surface area contributed by atoms with Crippen molar-refractivity contribution in [1.82, 2.24) is 10.2 Å². The Morgan fingerprint density at radius 3 is 2.44 bits per heavy atom. The van der Waals surface area contributed by atoms with E-state index in [1.54, 1.807) is 4.90 Å². The number of amides is 2. The molecule has 0 spiro atoms. The van der Waals surface area contributed by atoms with Gasteiger partial charge in [-0.05, 0) is 25.2 Å². The van der Waals surface area contributed by atoms with Crippen molar-refractivity contribution in [2.45, 2.75) is 46.0 Å². The average Bonchev–Trinajstić information content (AvgIpc) is 2.74. The van der Waals surface area contributed by atoms with Gasteiger partial charge in [-0.1, -0.05) is 19.8 Å². The number of urea groups is 1. The van der Waals surface area contributed by atoms with Crippen LogP contribution in [0.4, 0.5) is 4.79 Å². The van der Waals surface area contributed by atoms with Crippen LogP contribution in [-0.4, -0.2) is 41.6 Å². The Labute approximate surface area is 109 Å². The lowest BCUT2D eigenvalue weighted by Gasteiger charge is -2.27. The summed E-state index contributed by atoms with van der Waals surface area (Å²) in [5.74, 6) is -0.871. The van der Waals surface area contributed by atoms with E-state index in [1.165, 1.54) is 12.8 Å². The Bertz CT molecular complexity index is 299. The van der Waals surface area contributed by atoms with Crippen molar-refractivity contribution in [2.75, 3.05) is 19.6 Å². The molecule has 2 amide bonds. The summed E-state index contributed by atoms with van der Waals surface area (Å²) in [5, 5.41) is 11.6. The maximum atomic E-state index is 11.9. The minimum absolute atomic E-state index is 0.00146. The van der Waals surface area contributed by atoms with Crippen molar-refractivity contribution in [2.24, 2.45) is 5.41 Å². The molecular weight excluding hydrogens is 232 g/mol. The first-order valence-electron chi connectivity index (χ1n) is 6.71. The van der Waals surface area contributed by atoms with Crippen molar-refractivity contribution in [1.29, 1.82) is 0 Å². The summed E-state index contributed by atoms with van der Waals surface area (Å²) >= 11 is 0. The van der Waals surface area contributed by atoms with Gasteiger partial charge in [-0.25, -0.2) is 4.79 Å². The van der Waals surface area contributed by atoms with E-state index in [0.717, 1.165) is 12.8 Å². The Hall–Kier alpha value is -1.26. The molecule has 2 N–H and O–H groups in total. The molecule has 0 bridgehead atoms. The highest BCUT2D eigenvalue weighted by molar-refractivity contribution is 5.75. The minimum Gasteiger partial charge on any atom is -0.481 e. The first-order valence-corrected chi connectivity index (χ1v) is 6.71. The van der Waals surface area contributed by atoms with Crippen molar-refractivity contribution < 1.29 is 14.7 Å². The molecule has 0 radical (unpaired) electrons. The van der Waals surface area contributed by atoms with Crippen LogP contribution in [0.1, 0.15) is 46.0 Å². The van der Waals surface area contributed by atoms with Crippen LogP contribution < -0.4 is 5.32 Å². The number of rotatable bonds is 6. The molecule has 0 aromatic rings. The molecule has 104 valence electrons. The lowest BCUT2D eigenvalue weighted by Crippen LogP contribution is -2.44. The molecule has 5 heteroatoms. The predicted molar refractivity (Wildman–Crippen MR) is 69.5 cm³/mol. The monoisotopic (exact) mass is 256 g/mol. The number of carboxylic acid groups (broad SMARTS) is 1. The number of hydrogen-bond acceptors (Lipinski definition) is 2. The molecule has 5 nitrogen and oxygen atoms in total. The standard InChI is InChI=1S/C13H24N2O3/c1-3-15(9-6-11(16)17)12(18)14-10-13(2)7-4-5-8-13/h3-10H2,1-2H3,(H,14,18)(H,16,17). The summed E-state index contributed by atoms with van der Waals surface area (Å²) in [6.45, 7) is 5.56. The number of nitrogens with one attached hydrogen (secondary N) is 1. The third-order valence-electron chi connectivity index (χ3n) is 3.74. The normalized spacial score (nSPS) is 17.4. The zero-order chi connectivity index (χ0) is 13.6. The molecule has 18 heavy (non-hydrogen) atoms. The lowest BCUT2D eigenvalue weighted by atomic mass is 9.89. The van der Waals surface area contributed by atoms with E-state index in [9.17, 15) is 9.59 Å². The van der Waals surface area contributed by atoms with E-state index in [-0.39, 0.29) is 24.4 Å². The summed E-state index contributed by atoms with van der Waals surface area (Å²) < 4.78 is 0. The fourth-order valence-corrected chi connectivity index (χ4v) is 2.44. The molecule has 1 saturated carbocycles. The highest BCUT2D eigenvalue weighted by Gasteiger charge is 2.29. The zero-order valence-corrected chi connectivity index (χ0v) is 11.4. The summed E-state index contributed by atoms with van der Waals surface area (Å²) in [4.78, 5) is 24.0. The van der Waals surface area contributed by atoms with E-state index < -0.39 is 5.97 Å². The topological polar surface area (TPSA) is 69.6 Å². The number of aliphatic carboxylic acids is 1. The van der Waals surface area contributed by atoms with E-state index >= 15 is 0 Å². The zero-order valence-electron chi connectivity index (χ0n) is 11.4. The maximum absolute atomic E-state index is 11.9. The van der Waals surface area contributed by atoms with Crippen molar-refractivity contribution in [3.05, 3.63) is 0 Å². The molecule has 0 aromatic heterocycles. The number of carbonyl (C=O) groups excluding carboxylic acids is 1. The summed E-state index contributed by atoms with van der Waals surface area (Å²) in [7, 11) is 0. The third-order valence-corrected chi connectivity index (χ3v) is 3.74. The fraction of sp³-hybridized carbons (Fsp3) is 0.846. The smallest absolute Gasteiger partial charge is 0.317 e. The molecule has 0 heterocycles. The van der Waals surface area contributed by atoms with Gasteiger partial charge in [0.1, 0.15) is 0 Å². The molecule has 0 saturated heterocycles. The molecular formula is C13H24N2O3. The van der Waals surface area contributed by atoms with Crippen molar-refractivity contribution in [3.8, 4) is 0 Å². The molecule has 1 rings (SSSR count). The SMILES string of the molecule is CCN(CCC(=O)O)C(=O)NCC1(C)CCCC1. The molecule has 0 unspecified atom stereocenters. The fourth-order valence-electron chi connectivity index (χ4n) is 2.44. The van der Waals surface area contributed by atoms with Gasteiger partial charge in [-0.15, -0.1) is 0 Å². The minimum atomic E-state index is -0.871. The predicted octanol–water partition coefficient (Wildman–Crippen LogP) is 2.07. The van der Waals surface area contributed by atoms with Gasteiger partial charge in [-0.3, -0.25) is 4.79 Å². The van der Waals surface area contributed by atoms with Gasteiger partial charge in [0.15, 0.2) is 0 Å². The molecule has 1 aliphatic carbocycles. The van der Waals surface area contributed by atoms with Gasteiger partial charge >= 0.3 is 12.0 Å². The average molecular weight is 256 g/mol. The largest absolute Gasteiger partial charge is 0.481 e. The van der Waals surface area contributed by atoms with E-state index in [4.69, 9.17) is 5.11 Å². The first kappa shape index (κ1) is 14.8. The Balaban J connectivity index is 2.35.